The number of nitrogen functional groups attached to an aromatic ring is 1. The minimum atomic E-state index is -5.72. The van der Waals surface area contributed by atoms with Gasteiger partial charge >= 0.3 is 58.3 Å². The molecule has 0 bridgehead atoms. The van der Waals surface area contributed by atoms with Gasteiger partial charge in [0.25, 0.3) is 5.56 Å². The van der Waals surface area contributed by atoms with E-state index in [0.29, 0.717) is 0 Å². The van der Waals surface area contributed by atoms with Crippen molar-refractivity contribution in [2.45, 2.75) is 61.8 Å². The Labute approximate surface area is 332 Å². The van der Waals surface area contributed by atoms with Crippen molar-refractivity contribution in [3.8, 4) is 0 Å². The minimum Gasteiger partial charge on any atom is -0.388 e. The van der Waals surface area contributed by atoms with E-state index >= 15 is 0 Å². The second-order valence-corrected chi connectivity index (χ2v) is 21.3. The van der Waals surface area contributed by atoms with E-state index in [9.17, 15) is 61.8 Å². The molecule has 4 unspecified atom stereocenters. The van der Waals surface area contributed by atoms with Gasteiger partial charge in [0.1, 0.15) is 30.2 Å². The topological polar surface area (TPSA) is 546 Å². The standard InChI is InChI=1S/C10H19N4O13P3.C10H18N3O14P3/c1-10(12)7(15)5(25-8(10)14-3-2-6(11)13-9(14)16)4-24-29(20,21)27-30(22,23)26-28(17,18)19;1-10(11)7(15)5(25-8(10)13-3-2-6(14)12-9(13)16)4-24-29(20,21)27-30(22,23)26-28(17,18)19/h2-3,5,7-8,15H,4,12H2,1H3,(H,20,21)(H,22,23)(H2,11,13,16)(H2,17,18,19);2-3,5,7-8,15H,4,11H2,1H3,(H,20,21)(H,22,23)(H,12,14,16)(H2,17,18,19)/t2*5-,7-,8-,10-/m11/s1. The van der Waals surface area contributed by atoms with Crippen molar-refractivity contribution >= 4 is 52.8 Å². The molecule has 34 nitrogen and oxygen atoms in total. The first-order chi connectivity index (χ1) is 26.9. The van der Waals surface area contributed by atoms with Gasteiger partial charge in [0.2, 0.25) is 0 Å². The highest BCUT2D eigenvalue weighted by molar-refractivity contribution is 7.67. The second kappa shape index (κ2) is 18.6. The second-order valence-electron chi connectivity index (χ2n) is 12.5. The molecule has 0 aliphatic carbocycles. The van der Waals surface area contributed by atoms with Crippen LogP contribution in [0.5, 0.6) is 0 Å². The molecule has 2 aliphatic heterocycles. The third-order valence-corrected chi connectivity index (χ3v) is 15.1. The number of hydrogen-bond acceptors (Lipinski definition) is 23. The summed E-state index contributed by atoms with van der Waals surface area (Å²) in [5.74, 6) is -0.0854. The van der Waals surface area contributed by atoms with Crippen LogP contribution < -0.4 is 34.1 Å². The van der Waals surface area contributed by atoms with Gasteiger partial charge in [-0.3, -0.25) is 28.0 Å². The number of rotatable bonds is 16. The summed E-state index contributed by atoms with van der Waals surface area (Å²) in [7, 11) is -33.4. The van der Waals surface area contributed by atoms with Gasteiger partial charge in [-0.2, -0.15) is 22.2 Å². The number of nitrogens with two attached hydrogens (primary N) is 3. The number of nitrogens with zero attached hydrogens (tertiary/aromatic N) is 3. The van der Waals surface area contributed by atoms with E-state index in [4.69, 9.17) is 56.0 Å². The molecule has 2 fully saturated rings. The average Bonchev–Trinajstić information content (AvgIpc) is 3.38. The number of ether oxygens (including phenoxy) is 2. The molecule has 12 atom stereocenters. The predicted molar refractivity (Wildman–Crippen MR) is 189 cm³/mol. The summed E-state index contributed by atoms with van der Waals surface area (Å²) in [6.07, 6.45) is -6.58. The number of phosphoric ester groups is 2. The molecule has 2 aliphatic rings. The van der Waals surface area contributed by atoms with Crippen LogP contribution in [0.2, 0.25) is 0 Å². The SMILES string of the molecule is C[C@@]1(N)[C@H](O)[C@@H](COP(=O)(O)OP(=O)(O)OP(=O)(O)O)O[C@H]1n1ccc(=O)[nH]c1=O.C[C@@]1(N)[C@H](O)[C@@H](COP(=O)(O)OP(=O)(O)OP(=O)(O)O)O[C@H]1n1ccc(N)nc1=O. The molecule has 0 aromatic carbocycles. The Hall–Kier alpha value is -2.06. The molecule has 4 heterocycles. The maximum Gasteiger partial charge on any atom is 0.490 e. The molecule has 2 aromatic rings. The van der Waals surface area contributed by atoms with Gasteiger partial charge < -0.3 is 76.0 Å². The number of H-pyrrole nitrogens is 1. The Kier molecular flexibility index (Phi) is 16.2. The average molecular weight is 993 g/mol. The van der Waals surface area contributed by atoms with Crippen LogP contribution in [-0.4, -0.2) is 117 Å². The number of nitrogens with one attached hydrogen (secondary N) is 1. The maximum atomic E-state index is 12.0. The molecule has 0 saturated carbocycles. The van der Waals surface area contributed by atoms with Gasteiger partial charge in [-0.1, -0.05) is 0 Å². The molecule has 0 amide bonds. The van der Waals surface area contributed by atoms with Crippen molar-refractivity contribution in [1.82, 2.24) is 19.1 Å². The monoisotopic (exact) mass is 993 g/mol. The predicted octanol–water partition coefficient (Wildman–Crippen LogP) is -4.00. The van der Waals surface area contributed by atoms with Crippen molar-refractivity contribution < 1.29 is 113 Å². The van der Waals surface area contributed by atoms with Crippen molar-refractivity contribution in [2.75, 3.05) is 18.9 Å². The van der Waals surface area contributed by atoms with Crippen LogP contribution in [0.25, 0.3) is 0 Å². The quantitative estimate of drug-likeness (QED) is 0.0713. The molecular formula is C20H37N7O27P6. The number of anilines is 1. The number of aliphatic hydroxyl groups is 2. The van der Waals surface area contributed by atoms with Crippen molar-refractivity contribution in [3.63, 3.8) is 0 Å². The van der Waals surface area contributed by atoms with Crippen LogP contribution in [0.1, 0.15) is 26.3 Å². The maximum absolute atomic E-state index is 12.0. The zero-order chi connectivity index (χ0) is 46.2. The Morgan fingerprint density at radius 2 is 1.07 bits per heavy atom. The summed E-state index contributed by atoms with van der Waals surface area (Å²) in [6.45, 7) is 0.637. The number of aromatic nitrogens is 4. The summed E-state index contributed by atoms with van der Waals surface area (Å²) < 4.78 is 103. The Balaban J connectivity index is 0.000000320. The lowest BCUT2D eigenvalue weighted by molar-refractivity contribution is -0.0478. The molecule has 0 radical (unpaired) electrons. The fourth-order valence-electron chi connectivity index (χ4n) is 5.02. The van der Waals surface area contributed by atoms with Crippen LogP contribution in [0.4, 0.5) is 5.82 Å². The molecule has 2 aromatic heterocycles. The number of phosphoric acid groups is 6. The van der Waals surface area contributed by atoms with E-state index < -0.39 is 125 Å². The molecule has 2 saturated heterocycles. The van der Waals surface area contributed by atoms with Crippen LogP contribution in [0.3, 0.4) is 0 Å². The van der Waals surface area contributed by atoms with Crippen molar-refractivity contribution in [3.05, 3.63) is 55.8 Å². The number of hydrogen-bond donors (Lipinski definition) is 14. The first kappa shape index (κ1) is 52.3. The van der Waals surface area contributed by atoms with E-state index in [-0.39, 0.29) is 5.82 Å². The minimum absolute atomic E-state index is 0.0854. The highest BCUT2D eigenvalue weighted by Crippen LogP contribution is 2.67. The zero-order valence-corrected chi connectivity index (χ0v) is 35.2. The molecule has 4 rings (SSSR count). The fraction of sp³-hybridized carbons (Fsp3) is 0.600. The summed E-state index contributed by atoms with van der Waals surface area (Å²) in [6, 6.07) is 2.24. The van der Waals surface area contributed by atoms with Gasteiger partial charge in [0.15, 0.2) is 12.5 Å². The lowest BCUT2D eigenvalue weighted by Crippen LogP contribution is -2.53. The molecule has 60 heavy (non-hydrogen) atoms. The lowest BCUT2D eigenvalue weighted by Gasteiger charge is -2.28. The van der Waals surface area contributed by atoms with Crippen LogP contribution in [-0.2, 0) is 63.2 Å². The summed E-state index contributed by atoms with van der Waals surface area (Å²) in [5, 5.41) is 20.7. The van der Waals surface area contributed by atoms with E-state index in [1.165, 1.54) is 26.1 Å². The van der Waals surface area contributed by atoms with E-state index in [2.05, 4.69) is 31.3 Å². The normalized spacial score (nSPS) is 31.2. The van der Waals surface area contributed by atoms with Gasteiger partial charge in [-0.25, -0.2) is 37.0 Å². The molecule has 17 N–H and O–H groups in total. The molecule has 0 spiro atoms. The highest BCUT2D eigenvalue weighted by atomic mass is 31.3. The van der Waals surface area contributed by atoms with Gasteiger partial charge in [-0.05, 0) is 19.9 Å². The smallest absolute Gasteiger partial charge is 0.388 e. The van der Waals surface area contributed by atoms with Crippen LogP contribution in [0, 0.1) is 0 Å². The fourth-order valence-corrected chi connectivity index (χ4v) is 11.1. The summed E-state index contributed by atoms with van der Waals surface area (Å²) in [4.78, 5) is 112. The van der Waals surface area contributed by atoms with Gasteiger partial charge in [0, 0.05) is 18.5 Å². The Bertz CT molecular complexity index is 2360. The number of aromatic amines is 1. The Morgan fingerprint density at radius 1 is 0.683 bits per heavy atom. The first-order valence-electron chi connectivity index (χ1n) is 15.3. The molecule has 40 heteroatoms. The van der Waals surface area contributed by atoms with Gasteiger partial charge in [0.05, 0.1) is 24.3 Å². The van der Waals surface area contributed by atoms with Crippen molar-refractivity contribution in [2.24, 2.45) is 11.5 Å². The Morgan fingerprint density at radius 3 is 1.43 bits per heavy atom. The van der Waals surface area contributed by atoms with E-state index in [1.807, 2.05) is 4.98 Å². The first-order valence-corrected chi connectivity index (χ1v) is 24.4. The lowest BCUT2D eigenvalue weighted by atomic mass is 9.93. The van der Waals surface area contributed by atoms with Crippen LogP contribution in [0.15, 0.2) is 38.9 Å². The third-order valence-electron chi connectivity index (χ3n) is 7.49. The molecule has 344 valence electrons. The zero-order valence-electron chi connectivity index (χ0n) is 29.9. The van der Waals surface area contributed by atoms with Gasteiger partial charge in [-0.15, -0.1) is 0 Å². The number of aliphatic hydroxyl groups excluding tert-OH is 2. The summed E-state index contributed by atoms with van der Waals surface area (Å²) in [5.41, 5.74) is 11.6. The molecular weight excluding hydrogens is 956 g/mol. The van der Waals surface area contributed by atoms with E-state index in [0.717, 1.165) is 21.4 Å². The summed E-state index contributed by atoms with van der Waals surface area (Å²) >= 11 is 0. The largest absolute Gasteiger partial charge is 0.490 e. The van der Waals surface area contributed by atoms with Crippen molar-refractivity contribution in [1.29, 1.82) is 0 Å². The van der Waals surface area contributed by atoms with E-state index in [1.54, 1.807) is 0 Å². The third kappa shape index (κ3) is 14.5. The highest BCUT2D eigenvalue weighted by Gasteiger charge is 2.54. The van der Waals surface area contributed by atoms with Crippen LogP contribution >= 0.6 is 46.9 Å².